The molecule has 0 atom stereocenters. The first-order valence-electron chi connectivity index (χ1n) is 11.9. The zero-order valence-corrected chi connectivity index (χ0v) is 21.3. The van der Waals surface area contributed by atoms with Crippen LogP contribution in [0.3, 0.4) is 0 Å². The number of nitrogens with zero attached hydrogens (tertiary/aromatic N) is 4. The van der Waals surface area contributed by atoms with E-state index >= 15 is 0 Å². The zero-order chi connectivity index (χ0) is 23.4. The second-order valence-corrected chi connectivity index (χ2v) is 11.0. The normalized spacial score (nSPS) is 16.0. The highest BCUT2D eigenvalue weighted by molar-refractivity contribution is 7.19. The van der Waals surface area contributed by atoms with Crippen molar-refractivity contribution in [2.24, 2.45) is 0 Å². The number of aryl methyl sites for hydroxylation is 2. The predicted octanol–water partition coefficient (Wildman–Crippen LogP) is 6.00. The smallest absolute Gasteiger partial charge is 0.158 e. The van der Waals surface area contributed by atoms with Crippen LogP contribution in [0.5, 0.6) is 0 Å². The van der Waals surface area contributed by atoms with Crippen molar-refractivity contribution < 1.29 is 6.22 Å². The number of H-pyrrole nitrogens is 1. The quantitative estimate of drug-likeness (QED) is 0.392. The molecular formula is C26H35N5OS. The van der Waals surface area contributed by atoms with Crippen LogP contribution in [0.1, 0.15) is 74.0 Å². The van der Waals surface area contributed by atoms with Gasteiger partial charge < -0.3 is 4.98 Å². The molecule has 0 aromatic carbocycles. The van der Waals surface area contributed by atoms with Crippen LogP contribution in [0.2, 0.25) is 0 Å². The minimum absolute atomic E-state index is 0. The Hall–Kier alpha value is -2.51. The highest BCUT2D eigenvalue weighted by atomic mass is 32.1. The van der Waals surface area contributed by atoms with Gasteiger partial charge in [-0.15, -0.1) is 11.3 Å². The van der Waals surface area contributed by atoms with Crippen LogP contribution < -0.4 is 0 Å². The molecule has 6 nitrogen and oxygen atoms in total. The Bertz CT molecular complexity index is 1360. The fourth-order valence-electron chi connectivity index (χ4n) is 5.55. The summed E-state index contributed by atoms with van der Waals surface area (Å²) < 4.78 is 1.89. The number of aromatic nitrogens is 4. The molecule has 0 unspecified atom stereocenters. The molecule has 5 rings (SSSR count). The van der Waals surface area contributed by atoms with E-state index in [2.05, 4.69) is 60.8 Å². The number of pyridine rings is 1. The van der Waals surface area contributed by atoms with Crippen LogP contribution in [-0.2, 0) is 4.79 Å². The summed E-state index contributed by atoms with van der Waals surface area (Å²) in [6.07, 6.45) is 6.00. The van der Waals surface area contributed by atoms with E-state index in [0.29, 0.717) is 18.4 Å². The number of ketones is 1. The van der Waals surface area contributed by atoms with Gasteiger partial charge in [0.25, 0.3) is 0 Å². The van der Waals surface area contributed by atoms with Crippen molar-refractivity contribution in [2.45, 2.75) is 66.2 Å². The van der Waals surface area contributed by atoms with Crippen LogP contribution >= 0.6 is 11.3 Å². The SMILES string of the molecule is CC(=O)CN1CCC(c2sc3[nH]c(-c4cn5ncnc5c(C)c4C)c(C(C)C)c3c2C)CC1.[HH]. The van der Waals surface area contributed by atoms with E-state index in [1.807, 2.05) is 15.9 Å². The highest BCUT2D eigenvalue weighted by Gasteiger charge is 2.28. The second-order valence-electron chi connectivity index (χ2n) is 9.94. The predicted molar refractivity (Wildman–Crippen MR) is 138 cm³/mol. The van der Waals surface area contributed by atoms with Gasteiger partial charge in [0.05, 0.1) is 12.2 Å². The van der Waals surface area contributed by atoms with Gasteiger partial charge in [0, 0.05) is 23.5 Å². The lowest BCUT2D eigenvalue weighted by molar-refractivity contribution is -0.118. The monoisotopic (exact) mass is 465 g/mol. The van der Waals surface area contributed by atoms with Gasteiger partial charge in [0.1, 0.15) is 16.9 Å². The number of Topliss-reactive ketones (excluding diaryl/α,β-unsaturated/α-hetero) is 1. The van der Waals surface area contributed by atoms with Crippen molar-refractivity contribution in [3.63, 3.8) is 0 Å². The molecule has 0 bridgehead atoms. The summed E-state index contributed by atoms with van der Waals surface area (Å²) in [4.78, 5) is 24.9. The number of hydrogen-bond donors (Lipinski definition) is 1. The first-order valence-corrected chi connectivity index (χ1v) is 12.7. The van der Waals surface area contributed by atoms with Crippen LogP contribution in [0.4, 0.5) is 0 Å². The Morgan fingerprint density at radius 3 is 2.61 bits per heavy atom. The van der Waals surface area contributed by atoms with Crippen molar-refractivity contribution in [1.29, 1.82) is 0 Å². The topological polar surface area (TPSA) is 66.3 Å². The summed E-state index contributed by atoms with van der Waals surface area (Å²) in [5, 5.41) is 5.81. The average molecular weight is 466 g/mol. The Morgan fingerprint density at radius 2 is 1.94 bits per heavy atom. The molecule has 4 aromatic heterocycles. The Kier molecular flexibility index (Phi) is 5.65. The fourth-order valence-corrected chi connectivity index (χ4v) is 6.95. The summed E-state index contributed by atoms with van der Waals surface area (Å²) in [7, 11) is 0. The molecule has 1 fully saturated rings. The third-order valence-corrected chi connectivity index (χ3v) is 8.71. The number of carbonyl (C=O) groups excluding carboxylic acids is 1. The van der Waals surface area contributed by atoms with Gasteiger partial charge in [-0.3, -0.25) is 9.69 Å². The molecule has 33 heavy (non-hydrogen) atoms. The summed E-state index contributed by atoms with van der Waals surface area (Å²) in [6, 6.07) is 0. The molecule has 1 N–H and O–H groups in total. The number of rotatable bonds is 5. The number of fused-ring (bicyclic) bond motifs is 2. The lowest BCUT2D eigenvalue weighted by atomic mass is 9.90. The minimum Gasteiger partial charge on any atom is -0.346 e. The molecule has 5 heterocycles. The van der Waals surface area contributed by atoms with E-state index in [9.17, 15) is 4.79 Å². The molecule has 1 aliphatic rings. The van der Waals surface area contributed by atoms with Gasteiger partial charge in [-0.1, -0.05) is 13.8 Å². The van der Waals surface area contributed by atoms with Crippen molar-refractivity contribution >= 4 is 33.0 Å². The maximum absolute atomic E-state index is 11.5. The summed E-state index contributed by atoms with van der Waals surface area (Å²) in [5.41, 5.74) is 8.61. The van der Waals surface area contributed by atoms with E-state index in [4.69, 9.17) is 0 Å². The molecule has 1 saturated heterocycles. The van der Waals surface area contributed by atoms with E-state index in [1.165, 1.54) is 48.6 Å². The number of nitrogens with one attached hydrogen (secondary N) is 1. The molecule has 1 aliphatic heterocycles. The summed E-state index contributed by atoms with van der Waals surface area (Å²) >= 11 is 1.93. The molecule has 0 spiro atoms. The van der Waals surface area contributed by atoms with Crippen LogP contribution in [0, 0.1) is 20.8 Å². The number of aromatic amines is 1. The van der Waals surface area contributed by atoms with Crippen molar-refractivity contribution in [1.82, 2.24) is 24.5 Å². The van der Waals surface area contributed by atoms with Gasteiger partial charge in [-0.2, -0.15) is 5.10 Å². The first-order chi connectivity index (χ1) is 15.8. The van der Waals surface area contributed by atoms with Crippen molar-refractivity contribution in [3.05, 3.63) is 39.7 Å². The molecule has 7 heteroatoms. The zero-order valence-electron chi connectivity index (χ0n) is 20.5. The first kappa shape index (κ1) is 22.3. The van der Waals surface area contributed by atoms with Gasteiger partial charge in [-0.25, -0.2) is 9.50 Å². The van der Waals surface area contributed by atoms with E-state index in [0.717, 1.165) is 31.6 Å². The molecular weight excluding hydrogens is 430 g/mol. The van der Waals surface area contributed by atoms with Gasteiger partial charge in [0.2, 0.25) is 0 Å². The number of hydrogen-bond acceptors (Lipinski definition) is 5. The van der Waals surface area contributed by atoms with Crippen LogP contribution in [0.15, 0.2) is 12.5 Å². The standard InChI is InChI=1S/C26H33N5OS.H2/c1-14(2)21-22-18(6)24(19-7-9-30(10-8-19)11-15(3)32)33-26(22)29-23(21)20-12-31-25(27-13-28-31)17(5)16(20)4;/h12-14,19,29H,7-11H2,1-6H3;1H. The number of piperidine rings is 1. The molecule has 0 radical (unpaired) electrons. The van der Waals surface area contributed by atoms with Crippen molar-refractivity contribution in [3.8, 4) is 11.3 Å². The number of thiophene rings is 1. The fraction of sp³-hybridized carbons (Fsp3) is 0.500. The number of likely N-dealkylation sites (tertiary alicyclic amines) is 1. The molecule has 0 amide bonds. The van der Waals surface area contributed by atoms with E-state index in [1.54, 1.807) is 13.3 Å². The average Bonchev–Trinajstić information content (AvgIpc) is 3.46. The molecule has 0 saturated carbocycles. The maximum Gasteiger partial charge on any atom is 0.158 e. The lowest BCUT2D eigenvalue weighted by Crippen LogP contribution is -2.36. The third-order valence-electron chi connectivity index (χ3n) is 7.34. The highest BCUT2D eigenvalue weighted by Crippen LogP contribution is 2.46. The molecule has 4 aromatic rings. The number of carbonyl (C=O) groups is 1. The maximum atomic E-state index is 11.5. The van der Waals surface area contributed by atoms with Crippen molar-refractivity contribution in [2.75, 3.05) is 19.6 Å². The van der Waals surface area contributed by atoms with Crippen LogP contribution in [-0.4, -0.2) is 49.9 Å². The Morgan fingerprint density at radius 1 is 1.21 bits per heavy atom. The van der Waals surface area contributed by atoms with E-state index < -0.39 is 0 Å². The third kappa shape index (κ3) is 3.71. The summed E-state index contributed by atoms with van der Waals surface area (Å²) in [5.74, 6) is 1.24. The van der Waals surface area contributed by atoms with Gasteiger partial charge >= 0.3 is 0 Å². The van der Waals surface area contributed by atoms with Crippen LogP contribution in [0.25, 0.3) is 27.1 Å². The lowest BCUT2D eigenvalue weighted by Gasteiger charge is -2.31. The van der Waals surface area contributed by atoms with Gasteiger partial charge in [0.15, 0.2) is 5.65 Å². The molecule has 176 valence electrons. The minimum atomic E-state index is 0. The Balaban J connectivity index is 0.00000274. The van der Waals surface area contributed by atoms with Gasteiger partial charge in [-0.05, 0) is 87.7 Å². The largest absolute Gasteiger partial charge is 0.346 e. The summed E-state index contributed by atoms with van der Waals surface area (Å²) in [6.45, 7) is 15.5. The molecule has 0 aliphatic carbocycles. The Labute approximate surface area is 200 Å². The van der Waals surface area contributed by atoms with E-state index in [-0.39, 0.29) is 7.21 Å². The second kappa shape index (κ2) is 8.37.